The van der Waals surface area contributed by atoms with Crippen LogP contribution < -0.4 is 16.4 Å². The van der Waals surface area contributed by atoms with E-state index in [1.165, 1.54) is 13.5 Å². The molecule has 1 saturated carbocycles. The summed E-state index contributed by atoms with van der Waals surface area (Å²) in [6.07, 6.45) is 5.15. The molecular formula is C22H25N5O2. The third-order valence-electron chi connectivity index (χ3n) is 5.59. The van der Waals surface area contributed by atoms with E-state index < -0.39 is 5.66 Å². The number of methoxy groups -OCH3 is 1. The number of carbonyl (C=O) groups is 1. The van der Waals surface area contributed by atoms with Crippen LogP contribution in [0, 0.1) is 0 Å². The quantitative estimate of drug-likeness (QED) is 0.781. The second kappa shape index (κ2) is 7.58. The summed E-state index contributed by atoms with van der Waals surface area (Å²) in [7, 11) is 1.38. The van der Waals surface area contributed by atoms with Crippen LogP contribution in [0.4, 0.5) is 5.69 Å². The summed E-state index contributed by atoms with van der Waals surface area (Å²) in [5.74, 6) is 0.271. The third kappa shape index (κ3) is 3.55. The Morgan fingerprint density at radius 1 is 1.03 bits per heavy atom. The van der Waals surface area contributed by atoms with E-state index >= 15 is 0 Å². The minimum atomic E-state index is -0.458. The van der Waals surface area contributed by atoms with Crippen molar-refractivity contribution in [1.29, 1.82) is 0 Å². The van der Waals surface area contributed by atoms with E-state index in [1.54, 1.807) is 6.07 Å². The van der Waals surface area contributed by atoms with E-state index in [-0.39, 0.29) is 11.9 Å². The van der Waals surface area contributed by atoms with Crippen LogP contribution >= 0.6 is 0 Å². The highest BCUT2D eigenvalue weighted by Crippen LogP contribution is 2.39. The van der Waals surface area contributed by atoms with Gasteiger partial charge in [-0.2, -0.15) is 4.99 Å². The fraction of sp³-hybridized carbons (Fsp3) is 0.318. The Labute approximate surface area is 170 Å². The zero-order valence-corrected chi connectivity index (χ0v) is 16.5. The highest BCUT2D eigenvalue weighted by atomic mass is 16.5. The maximum atomic E-state index is 11.8. The molecule has 4 rings (SSSR count). The molecule has 0 saturated heterocycles. The molecule has 7 heteroatoms. The normalized spacial score (nSPS) is 18.2. The van der Waals surface area contributed by atoms with Gasteiger partial charge in [-0.15, -0.1) is 0 Å². The van der Waals surface area contributed by atoms with Crippen molar-refractivity contribution in [3.05, 3.63) is 54.1 Å². The van der Waals surface area contributed by atoms with Crippen molar-refractivity contribution in [3.63, 3.8) is 0 Å². The first-order chi connectivity index (χ1) is 14.0. The standard InChI is InChI=1S/C22H25N5O2/c1-29-19(28)17-7-5-6-16(14-17)15-8-10-18(11-9-15)27-21(24)25-20(23)26-22(27)12-3-2-4-13-22/h5-11,14H,2-4,12-13H2,1H3,(H4,23,24,25,26). The molecular weight excluding hydrogens is 366 g/mol. The minimum absolute atomic E-state index is 0.247. The van der Waals surface area contributed by atoms with Crippen molar-refractivity contribution in [2.75, 3.05) is 12.0 Å². The van der Waals surface area contributed by atoms with Gasteiger partial charge in [0.1, 0.15) is 5.66 Å². The van der Waals surface area contributed by atoms with Gasteiger partial charge in [-0.1, -0.05) is 30.7 Å². The summed E-state index contributed by atoms with van der Waals surface area (Å²) in [4.78, 5) is 22.7. The lowest BCUT2D eigenvalue weighted by Gasteiger charge is -2.45. The Hall–Kier alpha value is -3.35. The summed E-state index contributed by atoms with van der Waals surface area (Å²) in [5.41, 5.74) is 15.2. The molecule has 0 radical (unpaired) electrons. The Bertz CT molecular complexity index is 975. The first-order valence-corrected chi connectivity index (χ1v) is 9.81. The summed E-state index contributed by atoms with van der Waals surface area (Å²) in [6.45, 7) is 0. The Morgan fingerprint density at radius 2 is 1.76 bits per heavy atom. The molecule has 150 valence electrons. The van der Waals surface area contributed by atoms with Crippen LogP contribution in [0.15, 0.2) is 58.5 Å². The third-order valence-corrected chi connectivity index (χ3v) is 5.59. The topological polar surface area (TPSA) is 106 Å². The summed E-state index contributed by atoms with van der Waals surface area (Å²) < 4.78 is 4.81. The number of hydrogen-bond acceptors (Lipinski definition) is 7. The second-order valence-electron chi connectivity index (χ2n) is 7.44. The van der Waals surface area contributed by atoms with Gasteiger partial charge in [-0.25, -0.2) is 9.79 Å². The van der Waals surface area contributed by atoms with Crippen LogP contribution in [-0.4, -0.2) is 30.7 Å². The molecule has 0 unspecified atom stereocenters. The number of rotatable bonds is 3. The highest BCUT2D eigenvalue weighted by Gasteiger charge is 2.42. The monoisotopic (exact) mass is 391 g/mol. The molecule has 0 aromatic heterocycles. The summed E-state index contributed by atoms with van der Waals surface area (Å²) >= 11 is 0. The van der Waals surface area contributed by atoms with Crippen LogP contribution in [0.3, 0.4) is 0 Å². The van der Waals surface area contributed by atoms with Gasteiger partial charge < -0.3 is 16.2 Å². The maximum Gasteiger partial charge on any atom is 0.337 e. The molecule has 2 aliphatic rings. The number of nitrogens with zero attached hydrogens (tertiary/aromatic N) is 3. The number of nitrogens with two attached hydrogens (primary N) is 2. The van der Waals surface area contributed by atoms with E-state index in [0.717, 1.165) is 42.5 Å². The Morgan fingerprint density at radius 3 is 2.45 bits per heavy atom. The van der Waals surface area contributed by atoms with Crippen molar-refractivity contribution >= 4 is 23.6 Å². The largest absolute Gasteiger partial charge is 0.465 e. The number of carbonyl (C=O) groups excluding carboxylic acids is 1. The number of hydrogen-bond donors (Lipinski definition) is 2. The summed E-state index contributed by atoms with van der Waals surface area (Å²) in [5, 5.41) is 0. The predicted molar refractivity (Wildman–Crippen MR) is 115 cm³/mol. The van der Waals surface area contributed by atoms with Crippen molar-refractivity contribution in [1.82, 2.24) is 0 Å². The Balaban J connectivity index is 1.67. The van der Waals surface area contributed by atoms with Gasteiger partial charge in [-0.05, 0) is 61.1 Å². The average Bonchev–Trinajstić information content (AvgIpc) is 2.73. The molecule has 2 aromatic rings. The van der Waals surface area contributed by atoms with E-state index in [0.29, 0.717) is 11.5 Å². The van der Waals surface area contributed by atoms with Crippen LogP contribution in [0.5, 0.6) is 0 Å². The second-order valence-corrected chi connectivity index (χ2v) is 7.44. The lowest BCUT2D eigenvalue weighted by atomic mass is 9.87. The minimum Gasteiger partial charge on any atom is -0.465 e. The smallest absolute Gasteiger partial charge is 0.337 e. The molecule has 7 nitrogen and oxygen atoms in total. The first-order valence-electron chi connectivity index (χ1n) is 9.81. The molecule has 0 atom stereocenters. The fourth-order valence-electron chi connectivity index (χ4n) is 4.24. The van der Waals surface area contributed by atoms with Gasteiger partial charge >= 0.3 is 5.97 Å². The molecule has 1 aliphatic heterocycles. The molecule has 1 aliphatic carbocycles. The number of esters is 1. The van der Waals surface area contributed by atoms with E-state index in [9.17, 15) is 4.79 Å². The van der Waals surface area contributed by atoms with Gasteiger partial charge in [0.05, 0.1) is 12.7 Å². The Kier molecular flexibility index (Phi) is 4.96. The zero-order valence-electron chi connectivity index (χ0n) is 16.5. The number of aliphatic imine (C=N–C) groups is 2. The molecule has 0 bridgehead atoms. The molecule has 0 amide bonds. The SMILES string of the molecule is COC(=O)c1cccc(-c2ccc(N3C(N)=NC(N)=NC34CCCCC4)cc2)c1. The van der Waals surface area contributed by atoms with E-state index in [4.69, 9.17) is 21.2 Å². The van der Waals surface area contributed by atoms with Gasteiger partial charge in [-0.3, -0.25) is 4.90 Å². The number of guanidine groups is 2. The lowest BCUT2D eigenvalue weighted by Crippen LogP contribution is -2.58. The van der Waals surface area contributed by atoms with Crippen molar-refractivity contribution in [2.24, 2.45) is 21.5 Å². The van der Waals surface area contributed by atoms with Crippen LogP contribution in [0.25, 0.3) is 11.1 Å². The van der Waals surface area contributed by atoms with E-state index in [1.807, 2.05) is 47.4 Å². The van der Waals surface area contributed by atoms with Crippen molar-refractivity contribution in [3.8, 4) is 11.1 Å². The molecule has 1 fully saturated rings. The molecule has 1 heterocycles. The predicted octanol–water partition coefficient (Wildman–Crippen LogP) is 3.25. The average molecular weight is 391 g/mol. The highest BCUT2D eigenvalue weighted by molar-refractivity contribution is 6.05. The molecule has 1 spiro atoms. The van der Waals surface area contributed by atoms with Crippen molar-refractivity contribution < 1.29 is 9.53 Å². The number of ether oxygens (including phenoxy) is 1. The van der Waals surface area contributed by atoms with Crippen LogP contribution in [-0.2, 0) is 4.74 Å². The maximum absolute atomic E-state index is 11.8. The number of benzene rings is 2. The fourth-order valence-corrected chi connectivity index (χ4v) is 4.24. The van der Waals surface area contributed by atoms with Gasteiger partial charge in [0, 0.05) is 5.69 Å². The van der Waals surface area contributed by atoms with Gasteiger partial charge in [0.2, 0.25) is 11.9 Å². The van der Waals surface area contributed by atoms with Crippen LogP contribution in [0.1, 0.15) is 42.5 Å². The summed E-state index contributed by atoms with van der Waals surface area (Å²) in [6, 6.07) is 15.4. The zero-order chi connectivity index (χ0) is 20.4. The first kappa shape index (κ1) is 19.0. The van der Waals surface area contributed by atoms with Gasteiger partial charge in [0.15, 0.2) is 0 Å². The lowest BCUT2D eigenvalue weighted by molar-refractivity contribution is 0.0601. The molecule has 29 heavy (non-hydrogen) atoms. The van der Waals surface area contributed by atoms with Crippen molar-refractivity contribution in [2.45, 2.75) is 37.8 Å². The van der Waals surface area contributed by atoms with Crippen LogP contribution in [0.2, 0.25) is 0 Å². The molecule has 2 aromatic carbocycles. The van der Waals surface area contributed by atoms with Gasteiger partial charge in [0.25, 0.3) is 0 Å². The van der Waals surface area contributed by atoms with E-state index in [2.05, 4.69) is 4.99 Å². The number of anilines is 1. The molecule has 4 N–H and O–H groups in total.